The molecule has 0 aliphatic rings. The molecule has 0 fully saturated rings. The molecule has 0 amide bonds. The van der Waals surface area contributed by atoms with Gasteiger partial charge in [-0.2, -0.15) is 5.26 Å². The second-order valence-corrected chi connectivity index (χ2v) is 3.65. The van der Waals surface area contributed by atoms with Gasteiger partial charge in [-0.3, -0.25) is 0 Å². The maximum Gasteiger partial charge on any atom is 0.328 e. The molecule has 0 heterocycles. The van der Waals surface area contributed by atoms with Gasteiger partial charge in [0.25, 0.3) is 0 Å². The molecule has 0 unspecified atom stereocenters. The predicted octanol–water partition coefficient (Wildman–Crippen LogP) is 2.12. The number of nitrogens with zero attached hydrogens (tertiary/aromatic N) is 1. The second-order valence-electron chi connectivity index (χ2n) is 3.65. The van der Waals surface area contributed by atoms with Gasteiger partial charge < -0.3 is 5.11 Å². The van der Waals surface area contributed by atoms with Crippen molar-refractivity contribution in [1.82, 2.24) is 0 Å². The fraction of sp³-hybridized carbons (Fsp3) is 0.400. The molecule has 70 valence electrons. The first-order valence-electron chi connectivity index (χ1n) is 3.89. The minimum atomic E-state index is -1.01. The van der Waals surface area contributed by atoms with Gasteiger partial charge in [0.15, 0.2) is 0 Å². The van der Waals surface area contributed by atoms with E-state index in [0.29, 0.717) is 5.57 Å². The number of rotatable bonds is 2. The molecule has 0 rings (SSSR count). The Hall–Kier alpha value is -1.56. The predicted molar refractivity (Wildman–Crippen MR) is 49.9 cm³/mol. The molecule has 0 radical (unpaired) electrons. The summed E-state index contributed by atoms with van der Waals surface area (Å²) in [6.07, 6.45) is 3.85. The van der Waals surface area contributed by atoms with Crippen LogP contribution in [0, 0.1) is 16.7 Å². The van der Waals surface area contributed by atoms with Gasteiger partial charge in [0.05, 0.1) is 6.07 Å². The lowest BCUT2D eigenvalue weighted by Gasteiger charge is -2.18. The molecule has 0 aromatic carbocycles. The summed E-state index contributed by atoms with van der Waals surface area (Å²) in [5.74, 6) is -1.01. The lowest BCUT2D eigenvalue weighted by Crippen LogP contribution is -2.07. The molecule has 0 aromatic heterocycles. The summed E-state index contributed by atoms with van der Waals surface area (Å²) in [7, 11) is 0. The fourth-order valence-electron chi connectivity index (χ4n) is 0.745. The van der Waals surface area contributed by atoms with E-state index < -0.39 is 5.97 Å². The molecule has 0 saturated heterocycles. The van der Waals surface area contributed by atoms with Crippen molar-refractivity contribution in [2.75, 3.05) is 0 Å². The summed E-state index contributed by atoms with van der Waals surface area (Å²) in [5.41, 5.74) is 0.499. The van der Waals surface area contributed by atoms with Crippen LogP contribution in [-0.4, -0.2) is 11.1 Å². The maximum atomic E-state index is 10.2. The van der Waals surface area contributed by atoms with Crippen LogP contribution in [0.5, 0.6) is 0 Å². The van der Waals surface area contributed by atoms with Gasteiger partial charge in [-0.25, -0.2) is 4.79 Å². The van der Waals surface area contributed by atoms with Crippen LogP contribution in [0.25, 0.3) is 0 Å². The number of nitriles is 1. The summed E-state index contributed by atoms with van der Waals surface area (Å²) in [4.78, 5) is 10.2. The Morgan fingerprint density at radius 3 is 2.23 bits per heavy atom. The van der Waals surface area contributed by atoms with Crippen molar-refractivity contribution in [2.45, 2.75) is 20.8 Å². The highest BCUT2D eigenvalue weighted by Crippen LogP contribution is 2.25. The molecule has 0 aliphatic carbocycles. The van der Waals surface area contributed by atoms with Crippen LogP contribution in [0.3, 0.4) is 0 Å². The van der Waals surface area contributed by atoms with Gasteiger partial charge in [-0.15, -0.1) is 0 Å². The van der Waals surface area contributed by atoms with Crippen LogP contribution in [0.2, 0.25) is 0 Å². The normalized spacial score (nSPS) is 12.9. The van der Waals surface area contributed by atoms with Crippen molar-refractivity contribution in [2.24, 2.45) is 5.41 Å². The molecular formula is C10H13NO2. The standard InChI is InChI=1S/C10H13NO2/c1-10(2,3)8(6-7-11)4-5-9(12)13/h4-6H,1-3H3,(H,12,13)/b5-4+,8-6+. The Morgan fingerprint density at radius 1 is 1.38 bits per heavy atom. The summed E-state index contributed by atoms with van der Waals surface area (Å²) in [5, 5.41) is 16.9. The molecule has 0 aromatic rings. The Kier molecular flexibility index (Phi) is 3.93. The van der Waals surface area contributed by atoms with Crippen molar-refractivity contribution in [1.29, 1.82) is 5.26 Å². The molecule has 3 nitrogen and oxygen atoms in total. The van der Waals surface area contributed by atoms with E-state index in [1.54, 1.807) is 0 Å². The van der Waals surface area contributed by atoms with E-state index in [1.165, 1.54) is 12.2 Å². The Morgan fingerprint density at radius 2 is 1.92 bits per heavy atom. The number of carbonyl (C=O) groups is 1. The number of carboxylic acid groups (broad SMARTS) is 1. The Bertz CT molecular complexity index is 287. The van der Waals surface area contributed by atoms with Crippen LogP contribution in [0.4, 0.5) is 0 Å². The lowest BCUT2D eigenvalue weighted by atomic mass is 9.86. The number of aliphatic carboxylic acids is 1. The highest BCUT2D eigenvalue weighted by atomic mass is 16.4. The number of carboxylic acids is 1. The van der Waals surface area contributed by atoms with E-state index >= 15 is 0 Å². The van der Waals surface area contributed by atoms with Crippen molar-refractivity contribution < 1.29 is 9.90 Å². The minimum absolute atomic E-state index is 0.207. The van der Waals surface area contributed by atoms with Crippen molar-refractivity contribution >= 4 is 5.97 Å². The average molecular weight is 179 g/mol. The van der Waals surface area contributed by atoms with Crippen molar-refractivity contribution in [3.05, 3.63) is 23.8 Å². The first kappa shape index (κ1) is 11.4. The van der Waals surface area contributed by atoms with Crippen molar-refractivity contribution in [3.8, 4) is 6.07 Å². The molecule has 0 saturated carbocycles. The van der Waals surface area contributed by atoms with Gasteiger partial charge in [0.1, 0.15) is 0 Å². The van der Waals surface area contributed by atoms with Gasteiger partial charge >= 0.3 is 5.97 Å². The zero-order valence-electron chi connectivity index (χ0n) is 8.03. The van der Waals surface area contributed by atoms with Crippen LogP contribution in [0.1, 0.15) is 20.8 Å². The monoisotopic (exact) mass is 179 g/mol. The summed E-state index contributed by atoms with van der Waals surface area (Å²) in [6, 6.07) is 1.89. The number of hydrogen-bond acceptors (Lipinski definition) is 2. The van der Waals surface area contributed by atoms with E-state index in [1.807, 2.05) is 26.8 Å². The van der Waals surface area contributed by atoms with Crippen LogP contribution < -0.4 is 0 Å². The van der Waals surface area contributed by atoms with Crippen LogP contribution in [-0.2, 0) is 4.79 Å². The highest BCUT2D eigenvalue weighted by Gasteiger charge is 2.14. The van der Waals surface area contributed by atoms with Gasteiger partial charge in [0.2, 0.25) is 0 Å². The third kappa shape index (κ3) is 4.81. The van der Waals surface area contributed by atoms with Crippen molar-refractivity contribution in [3.63, 3.8) is 0 Å². The molecule has 0 spiro atoms. The molecule has 0 atom stereocenters. The fourth-order valence-corrected chi connectivity index (χ4v) is 0.745. The third-order valence-electron chi connectivity index (χ3n) is 1.49. The van der Waals surface area contributed by atoms with Gasteiger partial charge in [0, 0.05) is 12.2 Å². The van der Waals surface area contributed by atoms with E-state index in [0.717, 1.165) is 6.08 Å². The van der Waals surface area contributed by atoms with E-state index in [2.05, 4.69) is 0 Å². The summed E-state index contributed by atoms with van der Waals surface area (Å²) in [6.45, 7) is 5.76. The zero-order chi connectivity index (χ0) is 10.5. The van der Waals surface area contributed by atoms with Gasteiger partial charge in [-0.05, 0) is 11.0 Å². The SMILES string of the molecule is CC(C)(C)C(/C=C/C(=O)O)=C/C#N. The molecule has 1 N–H and O–H groups in total. The molecule has 13 heavy (non-hydrogen) atoms. The van der Waals surface area contributed by atoms with E-state index in [9.17, 15) is 4.79 Å². The number of allylic oxidation sites excluding steroid dienone is 3. The summed E-state index contributed by atoms with van der Waals surface area (Å²) < 4.78 is 0. The lowest BCUT2D eigenvalue weighted by molar-refractivity contribution is -0.131. The van der Waals surface area contributed by atoms with E-state index in [-0.39, 0.29) is 5.41 Å². The topological polar surface area (TPSA) is 61.1 Å². The molecule has 0 bridgehead atoms. The quantitative estimate of drug-likeness (QED) is 0.401. The average Bonchev–Trinajstić information content (AvgIpc) is 1.95. The number of hydrogen-bond donors (Lipinski definition) is 1. The van der Waals surface area contributed by atoms with E-state index in [4.69, 9.17) is 10.4 Å². The highest BCUT2D eigenvalue weighted by molar-refractivity contribution is 5.80. The molecule has 0 aliphatic heterocycles. The maximum absolute atomic E-state index is 10.2. The third-order valence-corrected chi connectivity index (χ3v) is 1.49. The minimum Gasteiger partial charge on any atom is -0.478 e. The molecule has 3 heteroatoms. The first-order chi connectivity index (χ1) is 5.88. The smallest absolute Gasteiger partial charge is 0.328 e. The first-order valence-corrected chi connectivity index (χ1v) is 3.89. The zero-order valence-corrected chi connectivity index (χ0v) is 8.03. The Balaban J connectivity index is 4.79. The molecular weight excluding hydrogens is 166 g/mol. The second kappa shape index (κ2) is 4.46. The van der Waals surface area contributed by atoms with Crippen LogP contribution in [0.15, 0.2) is 23.8 Å². The Labute approximate surface area is 78.0 Å². The van der Waals surface area contributed by atoms with Gasteiger partial charge in [-0.1, -0.05) is 26.8 Å². The largest absolute Gasteiger partial charge is 0.478 e. The van der Waals surface area contributed by atoms with Crippen LogP contribution >= 0.6 is 0 Å². The summed E-state index contributed by atoms with van der Waals surface area (Å²) >= 11 is 0.